The van der Waals surface area contributed by atoms with Crippen molar-refractivity contribution in [2.75, 3.05) is 18.4 Å². The highest BCUT2D eigenvalue weighted by Gasteiger charge is 2.52. The van der Waals surface area contributed by atoms with E-state index in [2.05, 4.69) is 27.9 Å². The zero-order valence-electron chi connectivity index (χ0n) is 20.2. The first kappa shape index (κ1) is 23.5. The van der Waals surface area contributed by atoms with Crippen molar-refractivity contribution in [2.24, 2.45) is 0 Å². The van der Waals surface area contributed by atoms with E-state index < -0.39 is 5.54 Å². The van der Waals surface area contributed by atoms with Crippen molar-refractivity contribution in [3.8, 4) is 11.3 Å². The minimum absolute atomic E-state index is 0.222. The zero-order chi connectivity index (χ0) is 25.1. The Morgan fingerprint density at radius 1 is 1.08 bits per heavy atom. The number of carbonyl (C=O) groups is 3. The molecule has 0 bridgehead atoms. The standard InChI is InChI=1S/C26H29N7O3/c1-2-13-32-18-22(29-30-32)20-9-6-10-21(16-20)27-24(35)31-14-11-26(12-15-31)23(34)33(25(36)28-26)17-19-7-4-3-5-8-19/h3-10,16,18H,2,11-15,17H2,1H3,(H,27,35)(H,28,36). The van der Waals surface area contributed by atoms with Gasteiger partial charge in [-0.1, -0.05) is 54.6 Å². The molecule has 3 aromatic rings. The van der Waals surface area contributed by atoms with Crippen LogP contribution in [0.15, 0.2) is 60.8 Å². The van der Waals surface area contributed by atoms with Gasteiger partial charge >= 0.3 is 12.1 Å². The number of nitrogens with one attached hydrogen (secondary N) is 2. The topological polar surface area (TPSA) is 112 Å². The van der Waals surface area contributed by atoms with E-state index in [4.69, 9.17) is 0 Å². The summed E-state index contributed by atoms with van der Waals surface area (Å²) in [5, 5.41) is 14.2. The molecule has 2 aliphatic heterocycles. The second-order valence-electron chi connectivity index (χ2n) is 9.25. The van der Waals surface area contributed by atoms with Gasteiger partial charge in [-0.15, -0.1) is 5.10 Å². The molecular formula is C26H29N7O3. The van der Waals surface area contributed by atoms with E-state index in [1.165, 1.54) is 4.90 Å². The average molecular weight is 488 g/mol. The number of imide groups is 1. The number of piperidine rings is 1. The molecule has 2 aliphatic rings. The molecule has 2 saturated heterocycles. The van der Waals surface area contributed by atoms with E-state index in [-0.39, 0.29) is 24.5 Å². The molecule has 3 heterocycles. The Balaban J connectivity index is 1.20. The van der Waals surface area contributed by atoms with E-state index in [9.17, 15) is 14.4 Å². The summed E-state index contributed by atoms with van der Waals surface area (Å²) in [6, 6.07) is 16.3. The fraction of sp³-hybridized carbons (Fsp3) is 0.346. The Bertz CT molecular complexity index is 1270. The van der Waals surface area contributed by atoms with Crippen LogP contribution in [0, 0.1) is 0 Å². The van der Waals surface area contributed by atoms with Gasteiger partial charge in [-0.3, -0.25) is 14.4 Å². The lowest BCUT2D eigenvalue weighted by Crippen LogP contribution is -2.56. The molecule has 5 rings (SSSR count). The van der Waals surface area contributed by atoms with E-state index >= 15 is 0 Å². The van der Waals surface area contributed by atoms with Gasteiger partial charge in [0.25, 0.3) is 5.91 Å². The third-order valence-electron chi connectivity index (χ3n) is 6.73. The molecule has 10 nitrogen and oxygen atoms in total. The first-order chi connectivity index (χ1) is 17.5. The van der Waals surface area contributed by atoms with E-state index in [0.717, 1.165) is 29.8 Å². The number of likely N-dealkylation sites (tertiary alicyclic amines) is 1. The lowest BCUT2D eigenvalue weighted by molar-refractivity contribution is -0.133. The van der Waals surface area contributed by atoms with Gasteiger partial charge in [0.05, 0.1) is 12.7 Å². The number of amides is 5. The van der Waals surface area contributed by atoms with Crippen molar-refractivity contribution < 1.29 is 14.4 Å². The molecule has 0 aliphatic carbocycles. The summed E-state index contributed by atoms with van der Waals surface area (Å²) in [7, 11) is 0. The van der Waals surface area contributed by atoms with Crippen molar-refractivity contribution in [3.63, 3.8) is 0 Å². The summed E-state index contributed by atoms with van der Waals surface area (Å²) >= 11 is 0. The van der Waals surface area contributed by atoms with Crippen molar-refractivity contribution in [2.45, 2.75) is 44.8 Å². The van der Waals surface area contributed by atoms with Gasteiger partial charge in [0.2, 0.25) is 0 Å². The summed E-state index contributed by atoms with van der Waals surface area (Å²) in [5.74, 6) is -0.222. The summed E-state index contributed by atoms with van der Waals surface area (Å²) in [6.45, 7) is 3.84. The Morgan fingerprint density at radius 3 is 2.61 bits per heavy atom. The number of carbonyl (C=O) groups excluding carboxylic acids is 3. The van der Waals surface area contributed by atoms with Crippen LogP contribution >= 0.6 is 0 Å². The van der Waals surface area contributed by atoms with Gasteiger partial charge in [-0.25, -0.2) is 9.59 Å². The number of rotatable bonds is 6. The minimum atomic E-state index is -0.952. The number of aryl methyl sites for hydroxylation is 1. The maximum atomic E-state index is 13.2. The molecule has 0 radical (unpaired) electrons. The van der Waals surface area contributed by atoms with Gasteiger partial charge in [-0.05, 0) is 37.0 Å². The lowest BCUT2D eigenvalue weighted by atomic mass is 9.87. The molecule has 1 aromatic heterocycles. The van der Waals surface area contributed by atoms with Crippen LogP contribution in [0.3, 0.4) is 0 Å². The molecule has 10 heteroatoms. The highest BCUT2D eigenvalue weighted by molar-refractivity contribution is 6.07. The lowest BCUT2D eigenvalue weighted by Gasteiger charge is -2.37. The molecule has 186 valence electrons. The maximum Gasteiger partial charge on any atom is 0.325 e. The molecule has 5 amide bonds. The number of nitrogens with zero attached hydrogens (tertiary/aromatic N) is 5. The second-order valence-corrected chi connectivity index (χ2v) is 9.25. The molecule has 36 heavy (non-hydrogen) atoms. The van der Waals surface area contributed by atoms with Crippen LogP contribution in [0.2, 0.25) is 0 Å². The Hall–Kier alpha value is -4.21. The van der Waals surface area contributed by atoms with Gasteiger partial charge < -0.3 is 15.5 Å². The molecule has 2 aromatic carbocycles. The summed E-state index contributed by atoms with van der Waals surface area (Å²) < 4.78 is 1.80. The summed E-state index contributed by atoms with van der Waals surface area (Å²) in [4.78, 5) is 41.7. The van der Waals surface area contributed by atoms with Crippen LogP contribution in [0.1, 0.15) is 31.7 Å². The van der Waals surface area contributed by atoms with Gasteiger partial charge in [0.1, 0.15) is 11.2 Å². The SMILES string of the molecule is CCCn1cc(-c2cccc(NC(=O)N3CCC4(CC3)NC(=O)N(Cc3ccccc3)C4=O)c2)nn1. The number of hydrogen-bond donors (Lipinski definition) is 2. The van der Waals surface area contributed by atoms with E-state index in [0.29, 0.717) is 31.6 Å². The van der Waals surface area contributed by atoms with Crippen LogP contribution in [0.5, 0.6) is 0 Å². The third-order valence-corrected chi connectivity index (χ3v) is 6.73. The predicted molar refractivity (Wildman–Crippen MR) is 134 cm³/mol. The van der Waals surface area contributed by atoms with Crippen LogP contribution in [0.4, 0.5) is 15.3 Å². The molecule has 0 saturated carbocycles. The first-order valence-electron chi connectivity index (χ1n) is 12.2. The number of anilines is 1. The van der Waals surface area contributed by atoms with Crippen molar-refractivity contribution in [3.05, 3.63) is 66.4 Å². The monoisotopic (exact) mass is 487 g/mol. The summed E-state index contributed by atoms with van der Waals surface area (Å²) in [5.41, 5.74) is 2.21. The highest BCUT2D eigenvalue weighted by Crippen LogP contribution is 2.31. The van der Waals surface area contributed by atoms with Crippen molar-refractivity contribution in [1.29, 1.82) is 0 Å². The maximum absolute atomic E-state index is 13.2. The van der Waals surface area contributed by atoms with E-state index in [1.807, 2.05) is 60.8 Å². The summed E-state index contributed by atoms with van der Waals surface area (Å²) in [6.07, 6.45) is 3.60. The van der Waals surface area contributed by atoms with Gasteiger partial charge in [0, 0.05) is 30.9 Å². The van der Waals surface area contributed by atoms with Crippen molar-refractivity contribution in [1.82, 2.24) is 30.1 Å². The molecule has 2 fully saturated rings. The minimum Gasteiger partial charge on any atom is -0.324 e. The number of benzene rings is 2. The normalized spacial score (nSPS) is 16.9. The smallest absolute Gasteiger partial charge is 0.324 e. The fourth-order valence-corrected chi connectivity index (χ4v) is 4.74. The molecule has 1 spiro atoms. The number of urea groups is 2. The van der Waals surface area contributed by atoms with Crippen LogP contribution in [-0.2, 0) is 17.9 Å². The Morgan fingerprint density at radius 2 is 1.86 bits per heavy atom. The van der Waals surface area contributed by atoms with Crippen LogP contribution in [0.25, 0.3) is 11.3 Å². The predicted octanol–water partition coefficient (Wildman–Crippen LogP) is 3.47. The second kappa shape index (κ2) is 9.80. The van der Waals surface area contributed by atoms with Crippen LogP contribution < -0.4 is 10.6 Å². The molecule has 0 unspecified atom stereocenters. The first-order valence-corrected chi connectivity index (χ1v) is 12.2. The molecular weight excluding hydrogens is 458 g/mol. The number of hydrogen-bond acceptors (Lipinski definition) is 5. The molecule has 2 N–H and O–H groups in total. The van der Waals surface area contributed by atoms with Crippen LogP contribution in [-0.4, -0.2) is 61.4 Å². The largest absolute Gasteiger partial charge is 0.325 e. The van der Waals surface area contributed by atoms with Crippen molar-refractivity contribution >= 4 is 23.7 Å². The van der Waals surface area contributed by atoms with Gasteiger partial charge in [0.15, 0.2) is 0 Å². The van der Waals surface area contributed by atoms with Gasteiger partial charge in [-0.2, -0.15) is 0 Å². The Kier molecular flexibility index (Phi) is 6.41. The average Bonchev–Trinajstić information content (AvgIpc) is 3.44. The third kappa shape index (κ3) is 4.66. The zero-order valence-corrected chi connectivity index (χ0v) is 20.2. The number of aromatic nitrogens is 3. The van der Waals surface area contributed by atoms with E-state index in [1.54, 1.807) is 9.58 Å². The quantitative estimate of drug-likeness (QED) is 0.517. The highest BCUT2D eigenvalue weighted by atomic mass is 16.2. The Labute approximate surface area is 209 Å². The fourth-order valence-electron chi connectivity index (χ4n) is 4.74. The molecule has 0 atom stereocenters.